The second kappa shape index (κ2) is 16.0. The van der Waals surface area contributed by atoms with Crippen LogP contribution >= 0.6 is 0 Å². The lowest BCUT2D eigenvalue weighted by atomic mass is 9.41. The number of hydrogen-bond donors (Lipinski definition) is 5. The van der Waals surface area contributed by atoms with Crippen molar-refractivity contribution < 1.29 is 38.6 Å². The largest absolute Gasteiger partial charge is 0.634 e. The summed E-state index contributed by atoms with van der Waals surface area (Å²) in [7, 11) is -2.05. The molecule has 272 valence electrons. The molecule has 3 aliphatic carbocycles. The Morgan fingerprint density at radius 3 is 2.10 bits per heavy atom. The van der Waals surface area contributed by atoms with Crippen molar-refractivity contribution in [2.24, 2.45) is 23.2 Å². The monoisotopic (exact) mass is 693 g/mol. The Morgan fingerprint density at radius 2 is 1.52 bits per heavy atom. The van der Waals surface area contributed by atoms with Crippen LogP contribution in [0.1, 0.15) is 96.6 Å². The first-order valence-electron chi connectivity index (χ1n) is 17.5. The number of nitrogens with one attached hydrogen (secondary N) is 3. The van der Waals surface area contributed by atoms with E-state index in [0.717, 1.165) is 12.0 Å². The fourth-order valence-corrected chi connectivity index (χ4v) is 7.63. The molecule has 3 fully saturated rings. The van der Waals surface area contributed by atoms with Gasteiger partial charge in [0.1, 0.15) is 29.4 Å². The van der Waals surface area contributed by atoms with Crippen molar-refractivity contribution in [3.05, 3.63) is 60.2 Å². The zero-order valence-electron chi connectivity index (χ0n) is 30.1. The summed E-state index contributed by atoms with van der Waals surface area (Å²) in [6, 6.07) is 6.04. The van der Waals surface area contributed by atoms with Gasteiger partial charge in [0.05, 0.1) is 11.8 Å². The minimum atomic E-state index is -2.05. The van der Waals surface area contributed by atoms with Crippen LogP contribution in [0.15, 0.2) is 48.9 Å². The number of fused-ring (bicyclic) bond motifs is 2. The van der Waals surface area contributed by atoms with Gasteiger partial charge in [0.15, 0.2) is 0 Å². The van der Waals surface area contributed by atoms with E-state index >= 15 is 0 Å². The molecule has 1 aromatic heterocycles. The third-order valence-electron chi connectivity index (χ3n) is 10.4. The van der Waals surface area contributed by atoms with Crippen LogP contribution in [0.5, 0.6) is 0 Å². The number of carbonyl (C=O) groups excluding carboxylic acids is 4. The van der Waals surface area contributed by atoms with Crippen LogP contribution in [0.3, 0.4) is 0 Å². The van der Waals surface area contributed by atoms with Gasteiger partial charge in [-0.3, -0.25) is 19.4 Å². The van der Waals surface area contributed by atoms with Gasteiger partial charge < -0.3 is 35.4 Å². The molecule has 3 aliphatic rings. The Labute approximate surface area is 294 Å². The smallest absolute Gasteiger partial charge is 0.454 e. The van der Waals surface area contributed by atoms with Crippen molar-refractivity contribution >= 4 is 31.0 Å². The summed E-state index contributed by atoms with van der Waals surface area (Å²) in [5.41, 5.74) is -2.00. The molecule has 0 spiro atoms. The zero-order chi connectivity index (χ0) is 36.9. The van der Waals surface area contributed by atoms with E-state index in [4.69, 9.17) is 9.39 Å². The summed E-state index contributed by atoms with van der Waals surface area (Å²) in [5.74, 6) is -2.16. The molecule has 3 unspecified atom stereocenters. The number of rotatable bonds is 16. The van der Waals surface area contributed by atoms with Gasteiger partial charge in [0.25, 0.3) is 5.91 Å². The molecular weight excluding hydrogens is 641 g/mol. The van der Waals surface area contributed by atoms with Gasteiger partial charge in [-0.25, -0.2) is 9.78 Å². The van der Waals surface area contributed by atoms with Crippen LogP contribution in [0.2, 0.25) is 0 Å². The highest BCUT2D eigenvalue weighted by atomic mass is 16.7. The highest BCUT2D eigenvalue weighted by Gasteiger charge is 2.74. The first kappa shape index (κ1) is 38.9. The number of hydrogen-bond acceptors (Lipinski definition) is 10. The molecule has 3 amide bonds. The van der Waals surface area contributed by atoms with E-state index in [-0.39, 0.29) is 42.7 Å². The molecule has 50 heavy (non-hydrogen) atoms. The highest BCUT2D eigenvalue weighted by molar-refractivity contribution is 6.32. The molecule has 2 aromatic rings. The Morgan fingerprint density at radius 1 is 0.900 bits per heavy atom. The summed E-state index contributed by atoms with van der Waals surface area (Å²) in [6.45, 7) is 13.4. The van der Waals surface area contributed by atoms with Crippen molar-refractivity contribution in [1.29, 1.82) is 0 Å². The average Bonchev–Trinajstić information content (AvgIpc) is 3.04. The molecule has 13 nitrogen and oxygen atoms in total. The number of ether oxygens (including phenoxy) is 1. The number of nitrogens with zero attached hydrogens (tertiary/aromatic N) is 2. The van der Waals surface area contributed by atoms with E-state index < -0.39 is 65.8 Å². The van der Waals surface area contributed by atoms with E-state index in [9.17, 15) is 29.2 Å². The van der Waals surface area contributed by atoms with E-state index in [0.29, 0.717) is 12.8 Å². The minimum absolute atomic E-state index is 0.00885. The van der Waals surface area contributed by atoms with Crippen LogP contribution in [0, 0.1) is 23.2 Å². The van der Waals surface area contributed by atoms with Crippen molar-refractivity contribution in [1.82, 2.24) is 25.9 Å². The standard InChI is InChI=1S/C36H52BN5O8/c1-22(2)17-26(40-31(44)27(19-24-11-9-8-10-12-24)41-32(45)29-21-38-15-16-39-29)30(43)42-28(18-23(3)4)33(46)49-36-20-25(34(36,5)6)13-14-35(36,7)50-37(47)48/h8-12,15-16,21-23,25-28,47-48H,13-14,17-20H2,1-7H3,(H,40,44)(H,41,45)(H,42,43)/t25?,26-,27-,28-,35?,36?/m0/s1. The SMILES string of the molecule is CC(C)C[C@H](NC(=O)[C@H](Cc1ccccc1)NC(=O)c1cnccn1)C(=O)N[C@@H](CC(C)C)C(=O)OC12CC(CCC1(C)OB(O)O)C2(C)C. The van der Waals surface area contributed by atoms with Crippen molar-refractivity contribution in [2.75, 3.05) is 0 Å². The molecule has 2 bridgehead atoms. The Kier molecular flexibility index (Phi) is 12.4. The predicted molar refractivity (Wildman–Crippen MR) is 186 cm³/mol. The Hall–Kier alpha value is -3.88. The van der Waals surface area contributed by atoms with E-state index in [1.807, 2.05) is 71.9 Å². The maximum atomic E-state index is 14.0. The maximum Gasteiger partial charge on any atom is 0.634 e. The maximum absolute atomic E-state index is 14.0. The molecule has 5 rings (SSSR count). The first-order chi connectivity index (χ1) is 23.5. The Balaban J connectivity index is 1.55. The molecule has 0 aliphatic heterocycles. The number of benzene rings is 1. The van der Waals surface area contributed by atoms with Gasteiger partial charge in [-0.15, -0.1) is 0 Å². The van der Waals surface area contributed by atoms with Gasteiger partial charge in [-0.2, -0.15) is 0 Å². The number of esters is 1. The van der Waals surface area contributed by atoms with Crippen LogP contribution in [-0.2, 0) is 30.2 Å². The minimum Gasteiger partial charge on any atom is -0.454 e. The molecule has 0 radical (unpaired) electrons. The molecule has 5 N–H and O–H groups in total. The van der Waals surface area contributed by atoms with Gasteiger partial charge in [0.2, 0.25) is 11.8 Å². The van der Waals surface area contributed by atoms with Crippen molar-refractivity contribution in [2.45, 2.75) is 116 Å². The lowest BCUT2D eigenvalue weighted by Gasteiger charge is -2.70. The van der Waals surface area contributed by atoms with Gasteiger partial charge in [-0.1, -0.05) is 71.9 Å². The van der Waals surface area contributed by atoms with Crippen LogP contribution < -0.4 is 16.0 Å². The number of aromatic nitrogens is 2. The molecule has 6 atom stereocenters. The average molecular weight is 694 g/mol. The second-order valence-electron chi connectivity index (χ2n) is 15.3. The first-order valence-corrected chi connectivity index (χ1v) is 17.5. The van der Waals surface area contributed by atoms with Gasteiger partial charge in [0, 0.05) is 24.2 Å². The Bertz CT molecular complexity index is 1490. The van der Waals surface area contributed by atoms with Gasteiger partial charge >= 0.3 is 13.3 Å². The number of carbonyl (C=O) groups is 4. The summed E-state index contributed by atoms with van der Waals surface area (Å²) in [5, 5.41) is 28.0. The quantitative estimate of drug-likeness (QED) is 0.129. The lowest BCUT2D eigenvalue weighted by molar-refractivity contribution is -0.317. The second-order valence-corrected chi connectivity index (χ2v) is 15.3. The molecule has 3 saturated carbocycles. The summed E-state index contributed by atoms with van der Waals surface area (Å²) in [4.78, 5) is 62.9. The highest BCUT2D eigenvalue weighted by Crippen LogP contribution is 2.68. The normalized spacial score (nSPS) is 23.9. The zero-order valence-corrected chi connectivity index (χ0v) is 30.1. The van der Waals surface area contributed by atoms with Crippen molar-refractivity contribution in [3.8, 4) is 0 Å². The third-order valence-corrected chi connectivity index (χ3v) is 10.4. The molecule has 1 heterocycles. The van der Waals surface area contributed by atoms with Gasteiger partial charge in [-0.05, 0) is 62.3 Å². The van der Waals surface area contributed by atoms with Crippen LogP contribution in [0.25, 0.3) is 0 Å². The van der Waals surface area contributed by atoms with E-state index in [1.165, 1.54) is 18.6 Å². The molecule has 14 heteroatoms. The van der Waals surface area contributed by atoms with E-state index in [1.54, 1.807) is 6.92 Å². The topological polar surface area (TPSA) is 189 Å². The van der Waals surface area contributed by atoms with E-state index in [2.05, 4.69) is 25.9 Å². The predicted octanol–water partition coefficient (Wildman–Crippen LogP) is 2.75. The molecule has 1 aromatic carbocycles. The van der Waals surface area contributed by atoms with Crippen molar-refractivity contribution in [3.63, 3.8) is 0 Å². The lowest BCUT2D eigenvalue weighted by Crippen LogP contribution is -2.78. The summed E-state index contributed by atoms with van der Waals surface area (Å²) < 4.78 is 11.9. The van der Waals surface area contributed by atoms with Crippen LogP contribution in [-0.4, -0.2) is 80.4 Å². The fourth-order valence-electron chi connectivity index (χ4n) is 7.63. The molecule has 0 saturated heterocycles. The van der Waals surface area contributed by atoms with Crippen LogP contribution in [0.4, 0.5) is 0 Å². The summed E-state index contributed by atoms with van der Waals surface area (Å²) in [6.07, 6.45) is 6.53. The molecular formula is C36H52BN5O8. The third kappa shape index (κ3) is 8.70. The fraction of sp³-hybridized carbons (Fsp3) is 0.611. The summed E-state index contributed by atoms with van der Waals surface area (Å²) >= 11 is 0. The number of amides is 3.